The van der Waals surface area contributed by atoms with Crippen LogP contribution >= 0.6 is 11.3 Å². The fraction of sp³-hybridized carbons (Fsp3) is 0.273. The molecule has 1 N–H and O–H groups in total. The van der Waals surface area contributed by atoms with E-state index in [2.05, 4.69) is 26.0 Å². The molecule has 0 saturated heterocycles. The third kappa shape index (κ3) is 1.36. The van der Waals surface area contributed by atoms with Gasteiger partial charge in [0.1, 0.15) is 0 Å². The number of rotatable bonds is 1. The second-order valence-corrected chi connectivity index (χ2v) is 4.29. The van der Waals surface area contributed by atoms with Gasteiger partial charge in [0.15, 0.2) is 0 Å². The normalized spacial score (nSPS) is 11.0. The van der Waals surface area contributed by atoms with Gasteiger partial charge >= 0.3 is 0 Å². The third-order valence-corrected chi connectivity index (χ3v) is 3.24. The SMILES string of the molecule is Cc1cc(C)c2c(CO)csc2c1. The number of thiophene rings is 1. The van der Waals surface area contributed by atoms with E-state index >= 15 is 0 Å². The van der Waals surface area contributed by atoms with Crippen LogP contribution < -0.4 is 0 Å². The Morgan fingerprint density at radius 1 is 1.31 bits per heavy atom. The smallest absolute Gasteiger partial charge is 0.0696 e. The van der Waals surface area contributed by atoms with Gasteiger partial charge in [0, 0.05) is 10.1 Å². The van der Waals surface area contributed by atoms with Crippen molar-refractivity contribution < 1.29 is 5.11 Å². The van der Waals surface area contributed by atoms with E-state index < -0.39 is 0 Å². The fourth-order valence-electron chi connectivity index (χ4n) is 1.74. The lowest BCUT2D eigenvalue weighted by Gasteiger charge is -2.01. The largest absolute Gasteiger partial charge is 0.392 e. The van der Waals surface area contributed by atoms with Gasteiger partial charge in [0.2, 0.25) is 0 Å². The summed E-state index contributed by atoms with van der Waals surface area (Å²) in [6, 6.07) is 4.33. The van der Waals surface area contributed by atoms with Crippen molar-refractivity contribution in [1.82, 2.24) is 0 Å². The summed E-state index contributed by atoms with van der Waals surface area (Å²) in [5.74, 6) is 0. The molecule has 2 aromatic rings. The molecule has 0 unspecified atom stereocenters. The molecule has 2 heteroatoms. The summed E-state index contributed by atoms with van der Waals surface area (Å²) in [6.45, 7) is 4.34. The van der Waals surface area contributed by atoms with Crippen LogP contribution in [0.1, 0.15) is 16.7 Å². The van der Waals surface area contributed by atoms with Crippen LogP contribution in [0, 0.1) is 13.8 Å². The average molecular weight is 192 g/mol. The first kappa shape index (κ1) is 8.73. The molecule has 1 nitrogen and oxygen atoms in total. The molecule has 0 saturated carbocycles. The number of aliphatic hydroxyl groups is 1. The van der Waals surface area contributed by atoms with Crippen LogP contribution in [0.2, 0.25) is 0 Å². The number of fused-ring (bicyclic) bond motifs is 1. The van der Waals surface area contributed by atoms with E-state index in [0.717, 1.165) is 5.56 Å². The van der Waals surface area contributed by atoms with Crippen molar-refractivity contribution in [2.45, 2.75) is 20.5 Å². The fourth-order valence-corrected chi connectivity index (χ4v) is 2.87. The number of aryl methyl sites for hydroxylation is 2. The van der Waals surface area contributed by atoms with Gasteiger partial charge in [-0.25, -0.2) is 0 Å². The molecule has 0 aliphatic rings. The van der Waals surface area contributed by atoms with Gasteiger partial charge < -0.3 is 5.11 Å². The lowest BCUT2D eigenvalue weighted by atomic mass is 10.1. The number of aliphatic hydroxyl groups excluding tert-OH is 1. The van der Waals surface area contributed by atoms with Crippen molar-refractivity contribution >= 4 is 21.4 Å². The highest BCUT2D eigenvalue weighted by molar-refractivity contribution is 7.17. The molecule has 2 rings (SSSR count). The molecule has 68 valence electrons. The minimum atomic E-state index is 0.143. The van der Waals surface area contributed by atoms with Gasteiger partial charge in [-0.05, 0) is 42.0 Å². The first-order valence-electron chi connectivity index (χ1n) is 4.30. The standard InChI is InChI=1S/C11H12OS/c1-7-3-8(2)11-9(5-12)6-13-10(11)4-7/h3-4,6,12H,5H2,1-2H3. The van der Waals surface area contributed by atoms with Crippen molar-refractivity contribution in [3.63, 3.8) is 0 Å². The molecule has 1 heterocycles. The first-order valence-corrected chi connectivity index (χ1v) is 5.18. The van der Waals surface area contributed by atoms with Crippen LogP contribution in [0.3, 0.4) is 0 Å². The number of hydrogen-bond acceptors (Lipinski definition) is 2. The van der Waals surface area contributed by atoms with E-state index in [9.17, 15) is 0 Å². The van der Waals surface area contributed by atoms with Crippen LogP contribution in [0.5, 0.6) is 0 Å². The summed E-state index contributed by atoms with van der Waals surface area (Å²) in [6.07, 6.45) is 0. The van der Waals surface area contributed by atoms with E-state index in [1.807, 2.05) is 5.38 Å². The topological polar surface area (TPSA) is 20.2 Å². The van der Waals surface area contributed by atoms with E-state index in [-0.39, 0.29) is 6.61 Å². The highest BCUT2D eigenvalue weighted by Crippen LogP contribution is 2.29. The predicted molar refractivity (Wildman–Crippen MR) is 57.2 cm³/mol. The molecule has 0 aliphatic heterocycles. The van der Waals surface area contributed by atoms with Crippen LogP contribution in [-0.4, -0.2) is 5.11 Å². The summed E-state index contributed by atoms with van der Waals surface area (Å²) in [5.41, 5.74) is 3.61. The van der Waals surface area contributed by atoms with Gasteiger partial charge in [-0.1, -0.05) is 6.07 Å². The maximum absolute atomic E-state index is 9.12. The summed E-state index contributed by atoms with van der Waals surface area (Å²) in [5, 5.41) is 12.4. The quantitative estimate of drug-likeness (QED) is 0.736. The molecular weight excluding hydrogens is 180 g/mol. The Kier molecular flexibility index (Phi) is 2.10. The minimum absolute atomic E-state index is 0.143. The van der Waals surface area contributed by atoms with Crippen LogP contribution in [0.15, 0.2) is 17.5 Å². The van der Waals surface area contributed by atoms with Gasteiger partial charge in [-0.15, -0.1) is 11.3 Å². The maximum atomic E-state index is 9.12. The molecular formula is C11H12OS. The Morgan fingerprint density at radius 3 is 2.77 bits per heavy atom. The molecule has 0 atom stereocenters. The zero-order valence-corrected chi connectivity index (χ0v) is 8.61. The Balaban J connectivity index is 2.82. The Labute approximate surface area is 81.6 Å². The molecule has 1 aromatic heterocycles. The van der Waals surface area contributed by atoms with Crippen LogP contribution in [0.4, 0.5) is 0 Å². The van der Waals surface area contributed by atoms with E-state index in [1.54, 1.807) is 11.3 Å². The highest BCUT2D eigenvalue weighted by atomic mass is 32.1. The lowest BCUT2D eigenvalue weighted by Crippen LogP contribution is -1.83. The van der Waals surface area contributed by atoms with Crippen molar-refractivity contribution in [3.05, 3.63) is 34.2 Å². The lowest BCUT2D eigenvalue weighted by molar-refractivity contribution is 0.284. The summed E-state index contributed by atoms with van der Waals surface area (Å²) >= 11 is 1.71. The zero-order valence-electron chi connectivity index (χ0n) is 7.79. The molecule has 0 amide bonds. The maximum Gasteiger partial charge on any atom is 0.0696 e. The van der Waals surface area contributed by atoms with Gasteiger partial charge in [0.25, 0.3) is 0 Å². The second-order valence-electron chi connectivity index (χ2n) is 3.37. The molecule has 0 bridgehead atoms. The van der Waals surface area contributed by atoms with E-state index in [4.69, 9.17) is 5.11 Å². The average Bonchev–Trinajstić information content (AvgIpc) is 2.47. The molecule has 0 spiro atoms. The predicted octanol–water partition coefficient (Wildman–Crippen LogP) is 3.01. The molecule has 1 aromatic carbocycles. The number of benzene rings is 1. The Bertz CT molecular complexity index is 443. The van der Waals surface area contributed by atoms with Gasteiger partial charge in [-0.2, -0.15) is 0 Å². The number of hydrogen-bond donors (Lipinski definition) is 1. The van der Waals surface area contributed by atoms with Gasteiger partial charge in [0.05, 0.1) is 6.61 Å². The van der Waals surface area contributed by atoms with Crippen molar-refractivity contribution in [3.8, 4) is 0 Å². The summed E-state index contributed by atoms with van der Waals surface area (Å²) in [7, 11) is 0. The van der Waals surface area contributed by atoms with Gasteiger partial charge in [-0.3, -0.25) is 0 Å². The van der Waals surface area contributed by atoms with Crippen LogP contribution in [-0.2, 0) is 6.61 Å². The van der Waals surface area contributed by atoms with Crippen molar-refractivity contribution in [2.24, 2.45) is 0 Å². The second kappa shape index (κ2) is 3.13. The molecule has 0 radical (unpaired) electrons. The van der Waals surface area contributed by atoms with E-state index in [1.165, 1.54) is 21.2 Å². The van der Waals surface area contributed by atoms with Crippen molar-refractivity contribution in [1.29, 1.82) is 0 Å². The first-order chi connectivity index (χ1) is 6.22. The summed E-state index contributed by atoms with van der Waals surface area (Å²) < 4.78 is 1.28. The zero-order chi connectivity index (χ0) is 9.42. The van der Waals surface area contributed by atoms with Crippen molar-refractivity contribution in [2.75, 3.05) is 0 Å². The van der Waals surface area contributed by atoms with Crippen LogP contribution in [0.25, 0.3) is 10.1 Å². The molecule has 0 fully saturated rings. The molecule has 0 aliphatic carbocycles. The van der Waals surface area contributed by atoms with E-state index in [0.29, 0.717) is 0 Å². The minimum Gasteiger partial charge on any atom is -0.392 e. The monoisotopic (exact) mass is 192 g/mol. The third-order valence-electron chi connectivity index (χ3n) is 2.26. The summed E-state index contributed by atoms with van der Waals surface area (Å²) in [4.78, 5) is 0. The Morgan fingerprint density at radius 2 is 2.08 bits per heavy atom. The highest BCUT2D eigenvalue weighted by Gasteiger charge is 2.05. The molecule has 13 heavy (non-hydrogen) atoms. The Hall–Kier alpha value is -0.860.